The average Bonchev–Trinajstić information content (AvgIpc) is 3.31. The molecule has 1 aliphatic carbocycles. The summed E-state index contributed by atoms with van der Waals surface area (Å²) >= 11 is 0. The zero-order valence-electron chi connectivity index (χ0n) is 32.2. The smallest absolute Gasteiger partial charge is 0.0540 e. The number of hydrogen-bond acceptors (Lipinski definition) is 2. The minimum absolute atomic E-state index is 1.04. The van der Waals surface area contributed by atoms with Gasteiger partial charge in [0.1, 0.15) is 0 Å². The molecular weight excluding hydrogens is 701 g/mol. The Morgan fingerprint density at radius 2 is 0.741 bits per heavy atom. The van der Waals surface area contributed by atoms with Crippen molar-refractivity contribution in [1.29, 1.82) is 0 Å². The Hall–Kier alpha value is -7.42. The van der Waals surface area contributed by atoms with Crippen molar-refractivity contribution in [1.82, 2.24) is 0 Å². The van der Waals surface area contributed by atoms with Gasteiger partial charge < -0.3 is 9.80 Å². The van der Waals surface area contributed by atoms with Gasteiger partial charge in [0.2, 0.25) is 0 Å². The zero-order valence-corrected chi connectivity index (χ0v) is 32.2. The van der Waals surface area contributed by atoms with Gasteiger partial charge >= 0.3 is 0 Å². The summed E-state index contributed by atoms with van der Waals surface area (Å²) in [6, 6.07) is 76.8. The maximum Gasteiger partial charge on any atom is 0.0540 e. The van der Waals surface area contributed by atoms with Crippen LogP contribution in [0.4, 0.5) is 28.4 Å². The van der Waals surface area contributed by atoms with Gasteiger partial charge in [-0.2, -0.15) is 0 Å². The van der Waals surface area contributed by atoms with Crippen LogP contribution in [0.5, 0.6) is 0 Å². The van der Waals surface area contributed by atoms with E-state index in [9.17, 15) is 0 Å². The van der Waals surface area contributed by atoms with E-state index >= 15 is 0 Å². The molecule has 0 fully saturated rings. The van der Waals surface area contributed by atoms with Crippen molar-refractivity contribution in [2.24, 2.45) is 0 Å². The van der Waals surface area contributed by atoms with Crippen molar-refractivity contribution in [3.05, 3.63) is 236 Å². The molecule has 2 nitrogen and oxygen atoms in total. The van der Waals surface area contributed by atoms with E-state index in [-0.39, 0.29) is 0 Å². The Bertz CT molecular complexity index is 2930. The van der Waals surface area contributed by atoms with E-state index in [0.717, 1.165) is 35.6 Å². The van der Waals surface area contributed by atoms with E-state index in [1.54, 1.807) is 0 Å². The Kier molecular flexibility index (Phi) is 9.43. The highest BCUT2D eigenvalue weighted by Crippen LogP contribution is 2.41. The van der Waals surface area contributed by atoms with Gasteiger partial charge in [0, 0.05) is 33.5 Å². The lowest BCUT2D eigenvalue weighted by atomic mass is 9.96. The molecule has 0 spiro atoms. The van der Waals surface area contributed by atoms with Crippen molar-refractivity contribution in [3.8, 4) is 33.4 Å². The van der Waals surface area contributed by atoms with E-state index in [2.05, 4.69) is 240 Å². The van der Waals surface area contributed by atoms with E-state index in [1.165, 1.54) is 66.3 Å². The highest BCUT2D eigenvalue weighted by atomic mass is 15.2. The second kappa shape index (κ2) is 15.6. The molecule has 9 aromatic rings. The molecule has 0 bridgehead atoms. The third-order valence-electron chi connectivity index (χ3n) is 11.2. The number of allylic oxidation sites excluding steroid dienone is 3. The summed E-state index contributed by atoms with van der Waals surface area (Å²) in [5, 5.41) is 4.94. The second-order valence-electron chi connectivity index (χ2n) is 14.9. The molecule has 1 aliphatic rings. The van der Waals surface area contributed by atoms with E-state index in [1.807, 2.05) is 0 Å². The first-order valence-electron chi connectivity index (χ1n) is 20.2. The normalized spacial score (nSPS) is 12.4. The van der Waals surface area contributed by atoms with Gasteiger partial charge in [-0.05, 0) is 124 Å². The van der Waals surface area contributed by atoms with Crippen LogP contribution in [-0.2, 0) is 0 Å². The van der Waals surface area contributed by atoms with Gasteiger partial charge in [0.15, 0.2) is 0 Å². The molecule has 0 atom stereocenters. The summed E-state index contributed by atoms with van der Waals surface area (Å²) in [5.41, 5.74) is 14.1. The first-order valence-corrected chi connectivity index (χ1v) is 20.2. The molecule has 0 saturated heterocycles. The Balaban J connectivity index is 0.942. The Labute approximate surface area is 340 Å². The molecule has 0 aliphatic heterocycles. The second-order valence-corrected chi connectivity index (χ2v) is 14.9. The molecular formula is C56H42N2. The predicted molar refractivity (Wildman–Crippen MR) is 247 cm³/mol. The molecule has 10 rings (SSSR count). The van der Waals surface area contributed by atoms with Crippen LogP contribution in [-0.4, -0.2) is 0 Å². The van der Waals surface area contributed by atoms with Crippen LogP contribution in [0, 0.1) is 0 Å². The standard InChI is InChI=1S/C56H42N2/c1-3-23-49(24-4-1)57(55-29-13-17-43-15-7-9-27-53(43)55)51-35-31-41(32-36-51)45-19-11-21-47(39-45)48-22-12-20-46(40-48)42-33-37-52(38-34-42)58(50-25-5-2-6-26-50)56-30-14-18-44-16-8-10-28-54(44)56/h1,3-5,7-40H,2,6H2. The lowest BCUT2D eigenvalue weighted by Crippen LogP contribution is -2.16. The molecule has 2 heteroatoms. The Morgan fingerprint density at radius 3 is 1.28 bits per heavy atom. The fourth-order valence-corrected chi connectivity index (χ4v) is 8.37. The fourth-order valence-electron chi connectivity index (χ4n) is 8.37. The van der Waals surface area contributed by atoms with Crippen LogP contribution in [0.1, 0.15) is 12.8 Å². The number of fused-ring (bicyclic) bond motifs is 2. The van der Waals surface area contributed by atoms with Crippen molar-refractivity contribution in [3.63, 3.8) is 0 Å². The van der Waals surface area contributed by atoms with Crippen molar-refractivity contribution in [2.75, 3.05) is 9.80 Å². The van der Waals surface area contributed by atoms with Crippen LogP contribution in [0.3, 0.4) is 0 Å². The quantitative estimate of drug-likeness (QED) is 0.145. The number of nitrogens with zero attached hydrogens (tertiary/aromatic N) is 2. The molecule has 0 amide bonds. The van der Waals surface area contributed by atoms with Gasteiger partial charge in [-0.25, -0.2) is 0 Å². The molecule has 0 unspecified atom stereocenters. The van der Waals surface area contributed by atoms with Gasteiger partial charge in [-0.15, -0.1) is 0 Å². The number of rotatable bonds is 9. The molecule has 9 aromatic carbocycles. The molecule has 0 radical (unpaired) electrons. The highest BCUT2D eigenvalue weighted by Gasteiger charge is 2.18. The minimum atomic E-state index is 1.04. The van der Waals surface area contributed by atoms with Crippen LogP contribution in [0.2, 0.25) is 0 Å². The molecule has 276 valence electrons. The van der Waals surface area contributed by atoms with Crippen molar-refractivity contribution < 1.29 is 0 Å². The number of benzene rings is 9. The molecule has 0 N–H and O–H groups in total. The average molecular weight is 743 g/mol. The van der Waals surface area contributed by atoms with Crippen LogP contribution >= 0.6 is 0 Å². The molecule has 0 heterocycles. The zero-order chi connectivity index (χ0) is 38.7. The van der Waals surface area contributed by atoms with Crippen molar-refractivity contribution >= 4 is 50.0 Å². The van der Waals surface area contributed by atoms with Gasteiger partial charge in [0.25, 0.3) is 0 Å². The summed E-state index contributed by atoms with van der Waals surface area (Å²) in [4.78, 5) is 4.76. The van der Waals surface area contributed by atoms with E-state index < -0.39 is 0 Å². The first kappa shape index (κ1) is 35.0. The number of hydrogen-bond donors (Lipinski definition) is 0. The maximum absolute atomic E-state index is 2.40. The summed E-state index contributed by atoms with van der Waals surface area (Å²) in [7, 11) is 0. The summed E-state index contributed by atoms with van der Waals surface area (Å²) in [6.07, 6.45) is 9.02. The van der Waals surface area contributed by atoms with E-state index in [4.69, 9.17) is 0 Å². The predicted octanol–water partition coefficient (Wildman–Crippen LogP) is 15.8. The van der Waals surface area contributed by atoms with Gasteiger partial charge in [0.05, 0.1) is 11.4 Å². The van der Waals surface area contributed by atoms with Crippen LogP contribution in [0.15, 0.2) is 236 Å². The first-order chi connectivity index (χ1) is 28.8. The number of anilines is 5. The van der Waals surface area contributed by atoms with E-state index in [0.29, 0.717) is 0 Å². The SMILES string of the molecule is C1=CC(N(c2ccc(-c3cccc(-c4cccc(-c5ccc(N(c6ccccc6)c6cccc7ccccc67)cc5)c4)c3)cc2)c2cccc3ccccc23)=CCC1. The lowest BCUT2D eigenvalue weighted by Gasteiger charge is -2.29. The third-order valence-corrected chi connectivity index (χ3v) is 11.2. The molecule has 58 heavy (non-hydrogen) atoms. The highest BCUT2D eigenvalue weighted by molar-refractivity contribution is 5.99. The van der Waals surface area contributed by atoms with Crippen molar-refractivity contribution in [2.45, 2.75) is 12.8 Å². The van der Waals surface area contributed by atoms with Crippen LogP contribution < -0.4 is 9.80 Å². The largest absolute Gasteiger partial charge is 0.310 e. The van der Waals surface area contributed by atoms with Gasteiger partial charge in [-0.3, -0.25) is 0 Å². The minimum Gasteiger partial charge on any atom is -0.310 e. The Morgan fingerprint density at radius 1 is 0.310 bits per heavy atom. The summed E-state index contributed by atoms with van der Waals surface area (Å²) in [5.74, 6) is 0. The maximum atomic E-state index is 2.40. The van der Waals surface area contributed by atoms with Gasteiger partial charge in [-0.1, -0.05) is 164 Å². The topological polar surface area (TPSA) is 6.48 Å². The third kappa shape index (κ3) is 6.86. The monoisotopic (exact) mass is 742 g/mol. The number of para-hydroxylation sites is 1. The fraction of sp³-hybridized carbons (Fsp3) is 0.0357. The molecule has 0 saturated carbocycles. The summed E-state index contributed by atoms with van der Waals surface area (Å²) in [6.45, 7) is 0. The molecule has 0 aromatic heterocycles. The lowest BCUT2D eigenvalue weighted by molar-refractivity contribution is 0.998. The van der Waals surface area contributed by atoms with Crippen LogP contribution in [0.25, 0.3) is 54.9 Å². The summed E-state index contributed by atoms with van der Waals surface area (Å²) < 4.78 is 0.